The number of halogens is 2. The minimum Gasteiger partial charge on any atom is -0.493 e. The Hall–Kier alpha value is -1.94. The van der Waals surface area contributed by atoms with Gasteiger partial charge in [0.1, 0.15) is 6.04 Å². The lowest BCUT2D eigenvalue weighted by molar-refractivity contribution is -0.125. The number of benzene rings is 1. The number of hydrogen-bond acceptors (Lipinski definition) is 5. The minimum atomic E-state index is -3.46. The van der Waals surface area contributed by atoms with Gasteiger partial charge in [0.15, 0.2) is 11.5 Å². The molecule has 1 atom stereocenters. The number of alkyl halides is 2. The van der Waals surface area contributed by atoms with Crippen LogP contribution < -0.4 is 14.8 Å². The van der Waals surface area contributed by atoms with Crippen LogP contribution in [0, 0.1) is 0 Å². The summed E-state index contributed by atoms with van der Waals surface area (Å²) in [6.07, 6.45) is 2.90. The molecule has 1 fully saturated rings. The van der Waals surface area contributed by atoms with Crippen LogP contribution in [0.25, 0.3) is 0 Å². The van der Waals surface area contributed by atoms with Gasteiger partial charge in [-0.05, 0) is 43.4 Å². The van der Waals surface area contributed by atoms with Gasteiger partial charge in [-0.2, -0.15) is 13.1 Å². The average molecular weight is 435 g/mol. The topological polar surface area (TPSA) is 84.9 Å². The van der Waals surface area contributed by atoms with E-state index in [1.807, 2.05) is 0 Å². The Balaban J connectivity index is 1.98. The number of hydrogen-bond donors (Lipinski definition) is 1. The van der Waals surface area contributed by atoms with E-state index in [0.717, 1.165) is 12.8 Å². The zero-order valence-corrected chi connectivity index (χ0v) is 17.5. The third kappa shape index (κ3) is 6.53. The molecule has 1 amide bonds. The number of sulfonamides is 1. The molecule has 164 valence electrons. The van der Waals surface area contributed by atoms with Crippen molar-refractivity contribution in [1.82, 2.24) is 9.62 Å². The first-order valence-corrected chi connectivity index (χ1v) is 11.3. The standard InChI is InChI=1S/C19H28F2N2O5S/c1-3-12-29(25,26)23-11-5-4-6-15(23)18(24)22-10-9-14-7-8-16(27-2)17(13-14)28-19(20)21/h7-8,13,15,19H,3-6,9-12H2,1-2H3,(H,22,24). The molecule has 0 radical (unpaired) electrons. The Labute approximate surface area is 170 Å². The molecule has 1 unspecified atom stereocenters. The first kappa shape index (κ1) is 23.3. The van der Waals surface area contributed by atoms with Crippen molar-refractivity contribution in [3.05, 3.63) is 23.8 Å². The van der Waals surface area contributed by atoms with Crippen LogP contribution in [0.15, 0.2) is 18.2 Å². The first-order valence-electron chi connectivity index (χ1n) is 9.67. The highest BCUT2D eigenvalue weighted by Crippen LogP contribution is 2.29. The van der Waals surface area contributed by atoms with Crippen LogP contribution in [-0.2, 0) is 21.2 Å². The maximum Gasteiger partial charge on any atom is 0.387 e. The maximum absolute atomic E-state index is 12.6. The first-order chi connectivity index (χ1) is 13.8. The SMILES string of the molecule is CCCS(=O)(=O)N1CCCCC1C(=O)NCCc1ccc(OC)c(OC(F)F)c1. The highest BCUT2D eigenvalue weighted by atomic mass is 32.2. The molecular weight excluding hydrogens is 406 g/mol. The molecule has 0 saturated carbocycles. The number of ether oxygens (including phenoxy) is 2. The quantitative estimate of drug-likeness (QED) is 0.612. The van der Waals surface area contributed by atoms with E-state index in [9.17, 15) is 22.0 Å². The van der Waals surface area contributed by atoms with E-state index in [4.69, 9.17) is 4.74 Å². The normalized spacial score (nSPS) is 17.9. The lowest BCUT2D eigenvalue weighted by Crippen LogP contribution is -2.52. The molecule has 1 N–H and O–H groups in total. The van der Waals surface area contributed by atoms with E-state index in [1.165, 1.54) is 23.5 Å². The van der Waals surface area contributed by atoms with Crippen molar-refractivity contribution >= 4 is 15.9 Å². The summed E-state index contributed by atoms with van der Waals surface area (Å²) in [4.78, 5) is 12.6. The van der Waals surface area contributed by atoms with Gasteiger partial charge < -0.3 is 14.8 Å². The number of carbonyl (C=O) groups is 1. The number of nitrogens with zero attached hydrogens (tertiary/aromatic N) is 1. The van der Waals surface area contributed by atoms with Crippen molar-refractivity contribution in [2.45, 2.75) is 51.7 Å². The highest BCUT2D eigenvalue weighted by Gasteiger charge is 2.35. The summed E-state index contributed by atoms with van der Waals surface area (Å²) in [7, 11) is -2.10. The molecule has 29 heavy (non-hydrogen) atoms. The van der Waals surface area contributed by atoms with Crippen LogP contribution in [-0.4, -0.2) is 57.2 Å². The summed E-state index contributed by atoms with van der Waals surface area (Å²) in [6, 6.07) is 3.96. The Morgan fingerprint density at radius 1 is 1.31 bits per heavy atom. The molecule has 1 aliphatic heterocycles. The molecule has 2 rings (SSSR count). The highest BCUT2D eigenvalue weighted by molar-refractivity contribution is 7.89. The molecule has 7 nitrogen and oxygen atoms in total. The molecule has 1 aromatic rings. The summed E-state index contributed by atoms with van der Waals surface area (Å²) in [5.74, 6) is -0.190. The summed E-state index contributed by atoms with van der Waals surface area (Å²) in [5.41, 5.74) is 0.681. The van der Waals surface area contributed by atoms with Gasteiger partial charge in [0.05, 0.1) is 12.9 Å². The number of nitrogens with one attached hydrogen (secondary N) is 1. The minimum absolute atomic E-state index is 0.0234. The van der Waals surface area contributed by atoms with Crippen molar-refractivity contribution in [3.8, 4) is 11.5 Å². The largest absolute Gasteiger partial charge is 0.493 e. The predicted octanol–water partition coefficient (Wildman–Crippen LogP) is 2.55. The maximum atomic E-state index is 12.6. The van der Waals surface area contributed by atoms with Crippen LogP contribution in [0.3, 0.4) is 0 Å². The molecule has 1 aliphatic rings. The second kappa shape index (κ2) is 10.7. The smallest absolute Gasteiger partial charge is 0.387 e. The number of piperidine rings is 1. The predicted molar refractivity (Wildman–Crippen MR) is 105 cm³/mol. The van der Waals surface area contributed by atoms with Crippen LogP contribution >= 0.6 is 0 Å². The number of rotatable bonds is 10. The second-order valence-electron chi connectivity index (χ2n) is 6.84. The summed E-state index contributed by atoms with van der Waals surface area (Å²) in [5, 5.41) is 2.77. The molecule has 0 spiro atoms. The Morgan fingerprint density at radius 2 is 2.07 bits per heavy atom. The van der Waals surface area contributed by atoms with Gasteiger partial charge in [-0.15, -0.1) is 0 Å². The van der Waals surface area contributed by atoms with Gasteiger partial charge in [0.25, 0.3) is 0 Å². The molecule has 1 aromatic carbocycles. The van der Waals surface area contributed by atoms with Crippen molar-refractivity contribution in [2.75, 3.05) is 26.0 Å². The Kier molecular flexibility index (Phi) is 8.63. The van der Waals surface area contributed by atoms with Gasteiger partial charge in [-0.3, -0.25) is 4.79 Å². The second-order valence-corrected chi connectivity index (χ2v) is 8.88. The lowest BCUT2D eigenvalue weighted by Gasteiger charge is -2.33. The number of methoxy groups -OCH3 is 1. The van der Waals surface area contributed by atoms with Crippen molar-refractivity contribution in [3.63, 3.8) is 0 Å². The molecule has 0 aromatic heterocycles. The average Bonchev–Trinajstić information content (AvgIpc) is 2.67. The zero-order valence-electron chi connectivity index (χ0n) is 16.7. The van der Waals surface area contributed by atoms with E-state index in [2.05, 4.69) is 10.1 Å². The van der Waals surface area contributed by atoms with E-state index >= 15 is 0 Å². The fraction of sp³-hybridized carbons (Fsp3) is 0.632. The van der Waals surface area contributed by atoms with Gasteiger partial charge in [0.2, 0.25) is 15.9 Å². The van der Waals surface area contributed by atoms with Crippen molar-refractivity contribution in [1.29, 1.82) is 0 Å². The fourth-order valence-corrected chi connectivity index (χ4v) is 5.13. The van der Waals surface area contributed by atoms with Gasteiger partial charge >= 0.3 is 6.61 Å². The van der Waals surface area contributed by atoms with Crippen LogP contribution in [0.5, 0.6) is 11.5 Å². The third-order valence-electron chi connectivity index (χ3n) is 4.73. The van der Waals surface area contributed by atoms with E-state index in [0.29, 0.717) is 31.4 Å². The Bertz CT molecular complexity index is 789. The summed E-state index contributed by atoms with van der Waals surface area (Å²) >= 11 is 0. The van der Waals surface area contributed by atoms with Gasteiger partial charge in [-0.1, -0.05) is 19.4 Å². The molecule has 1 heterocycles. The Morgan fingerprint density at radius 3 is 2.72 bits per heavy atom. The number of carbonyl (C=O) groups excluding carboxylic acids is 1. The molecule has 0 aliphatic carbocycles. The zero-order chi connectivity index (χ0) is 21.4. The molecule has 1 saturated heterocycles. The van der Waals surface area contributed by atoms with Crippen LogP contribution in [0.1, 0.15) is 38.2 Å². The summed E-state index contributed by atoms with van der Waals surface area (Å²) in [6.45, 7) is -0.580. The van der Waals surface area contributed by atoms with Gasteiger partial charge in [0, 0.05) is 13.1 Å². The van der Waals surface area contributed by atoms with Crippen molar-refractivity contribution in [2.24, 2.45) is 0 Å². The van der Waals surface area contributed by atoms with E-state index in [-0.39, 0.29) is 29.7 Å². The van der Waals surface area contributed by atoms with Crippen molar-refractivity contribution < 1.29 is 31.5 Å². The molecule has 10 heteroatoms. The summed E-state index contributed by atoms with van der Waals surface area (Å²) < 4.78 is 60.7. The van der Waals surface area contributed by atoms with Crippen LogP contribution in [0.2, 0.25) is 0 Å². The number of amides is 1. The van der Waals surface area contributed by atoms with Gasteiger partial charge in [-0.25, -0.2) is 8.42 Å². The lowest BCUT2D eigenvalue weighted by atomic mass is 10.0. The van der Waals surface area contributed by atoms with Crippen LogP contribution in [0.4, 0.5) is 8.78 Å². The monoisotopic (exact) mass is 434 g/mol. The molecule has 0 bridgehead atoms. The van der Waals surface area contributed by atoms with E-state index in [1.54, 1.807) is 13.0 Å². The fourth-order valence-electron chi connectivity index (χ4n) is 3.39. The third-order valence-corrected chi connectivity index (χ3v) is 6.81. The van der Waals surface area contributed by atoms with E-state index < -0.39 is 22.7 Å². The molecular formula is C19H28F2N2O5S.